The molecule has 0 N–H and O–H groups in total. The van der Waals surface area contributed by atoms with Crippen molar-refractivity contribution in [3.63, 3.8) is 0 Å². The predicted octanol–water partition coefficient (Wildman–Crippen LogP) is 3.37. The Kier molecular flexibility index (Phi) is 17.5. The maximum absolute atomic E-state index is 9.44. The standard InChI is InChI=1S/C6H15N.C5H12O.C3H6O/c1-4-7(5-2)6-3;1-5(2,3)6-4;1-3(2)4/h4-6H2,1-3H3;1-4H3;1-2H3. The van der Waals surface area contributed by atoms with Crippen LogP contribution in [0.15, 0.2) is 0 Å². The van der Waals surface area contributed by atoms with Gasteiger partial charge in [-0.3, -0.25) is 0 Å². The van der Waals surface area contributed by atoms with E-state index in [9.17, 15) is 4.79 Å². The molecule has 0 aromatic carbocycles. The summed E-state index contributed by atoms with van der Waals surface area (Å²) in [4.78, 5) is 11.8. The Labute approximate surface area is 109 Å². The zero-order chi connectivity index (χ0) is 14.5. The highest BCUT2D eigenvalue weighted by Gasteiger charge is 2.04. The number of carbonyl (C=O) groups is 1. The lowest BCUT2D eigenvalue weighted by Crippen LogP contribution is -2.21. The Morgan fingerprint density at radius 1 is 1.00 bits per heavy atom. The fourth-order valence-electron chi connectivity index (χ4n) is 0.671. The second-order valence-corrected chi connectivity index (χ2v) is 4.84. The van der Waals surface area contributed by atoms with Gasteiger partial charge in [0.1, 0.15) is 5.78 Å². The van der Waals surface area contributed by atoms with Gasteiger partial charge in [-0.2, -0.15) is 0 Å². The van der Waals surface area contributed by atoms with E-state index in [-0.39, 0.29) is 11.4 Å². The summed E-state index contributed by atoms with van der Waals surface area (Å²) in [6.07, 6.45) is 0. The first-order chi connectivity index (χ1) is 7.64. The molecule has 0 radical (unpaired) electrons. The average Bonchev–Trinajstić information content (AvgIpc) is 2.19. The number of hydrogen-bond acceptors (Lipinski definition) is 3. The van der Waals surface area contributed by atoms with E-state index in [1.807, 2.05) is 20.8 Å². The Hall–Kier alpha value is -0.410. The average molecular weight is 247 g/mol. The van der Waals surface area contributed by atoms with Crippen LogP contribution < -0.4 is 0 Å². The van der Waals surface area contributed by atoms with Gasteiger partial charge in [-0.1, -0.05) is 20.8 Å². The molecule has 0 amide bonds. The van der Waals surface area contributed by atoms with Gasteiger partial charge in [0.2, 0.25) is 0 Å². The third-order valence-corrected chi connectivity index (χ3v) is 1.95. The van der Waals surface area contributed by atoms with Crippen molar-refractivity contribution in [3.05, 3.63) is 0 Å². The highest BCUT2D eigenvalue weighted by Crippen LogP contribution is 2.02. The van der Waals surface area contributed by atoms with Crippen LogP contribution in [0.1, 0.15) is 55.4 Å². The van der Waals surface area contributed by atoms with Crippen LogP contribution in [-0.4, -0.2) is 43.0 Å². The van der Waals surface area contributed by atoms with Gasteiger partial charge in [0.25, 0.3) is 0 Å². The van der Waals surface area contributed by atoms with E-state index in [2.05, 4.69) is 25.7 Å². The zero-order valence-electron chi connectivity index (χ0n) is 13.4. The summed E-state index contributed by atoms with van der Waals surface area (Å²) in [5.41, 5.74) is 0.0417. The van der Waals surface area contributed by atoms with Gasteiger partial charge in [0.15, 0.2) is 0 Å². The van der Waals surface area contributed by atoms with E-state index in [1.54, 1.807) is 7.11 Å². The largest absolute Gasteiger partial charge is 0.379 e. The molecule has 106 valence electrons. The predicted molar refractivity (Wildman–Crippen MR) is 76.6 cm³/mol. The summed E-state index contributed by atoms with van der Waals surface area (Å²) in [5.74, 6) is 0.167. The molecule has 0 aliphatic rings. The molecule has 0 aromatic rings. The topological polar surface area (TPSA) is 29.5 Å². The minimum atomic E-state index is 0.0417. The SMILES string of the molecule is CC(C)=O.CCN(CC)CC.COC(C)(C)C. The first-order valence-corrected chi connectivity index (χ1v) is 6.39. The smallest absolute Gasteiger partial charge is 0.126 e. The minimum absolute atomic E-state index is 0.0417. The van der Waals surface area contributed by atoms with Crippen molar-refractivity contribution in [2.75, 3.05) is 26.7 Å². The highest BCUT2D eigenvalue weighted by molar-refractivity contribution is 5.72. The molecule has 0 unspecified atom stereocenters. The van der Waals surface area contributed by atoms with Crippen molar-refractivity contribution in [2.45, 2.75) is 61.0 Å². The van der Waals surface area contributed by atoms with E-state index < -0.39 is 0 Å². The quantitative estimate of drug-likeness (QED) is 0.766. The van der Waals surface area contributed by atoms with Crippen LogP contribution in [0.2, 0.25) is 0 Å². The van der Waals surface area contributed by atoms with Crippen molar-refractivity contribution in [1.82, 2.24) is 4.90 Å². The first kappa shape index (κ1) is 21.8. The van der Waals surface area contributed by atoms with Crippen LogP contribution >= 0.6 is 0 Å². The molecule has 0 spiro atoms. The second kappa shape index (κ2) is 13.7. The number of carbonyl (C=O) groups excluding carboxylic acids is 1. The van der Waals surface area contributed by atoms with Crippen LogP contribution in [0.25, 0.3) is 0 Å². The van der Waals surface area contributed by atoms with E-state index in [4.69, 9.17) is 4.74 Å². The molecule has 0 aliphatic heterocycles. The molecule has 0 heterocycles. The summed E-state index contributed by atoms with van der Waals surface area (Å²) in [7, 11) is 1.71. The van der Waals surface area contributed by atoms with E-state index >= 15 is 0 Å². The Bertz CT molecular complexity index is 149. The lowest BCUT2D eigenvalue weighted by molar-refractivity contribution is -0.114. The number of ketones is 1. The second-order valence-electron chi connectivity index (χ2n) is 4.84. The molecule has 3 nitrogen and oxygen atoms in total. The van der Waals surface area contributed by atoms with E-state index in [0.717, 1.165) is 0 Å². The van der Waals surface area contributed by atoms with Gasteiger partial charge in [-0.05, 0) is 54.3 Å². The lowest BCUT2D eigenvalue weighted by Gasteiger charge is -2.14. The summed E-state index contributed by atoms with van der Waals surface area (Å²) in [6, 6.07) is 0. The van der Waals surface area contributed by atoms with Crippen molar-refractivity contribution < 1.29 is 9.53 Å². The van der Waals surface area contributed by atoms with Crippen molar-refractivity contribution in [2.24, 2.45) is 0 Å². The molecule has 17 heavy (non-hydrogen) atoms. The molecule has 3 heteroatoms. The van der Waals surface area contributed by atoms with Gasteiger partial charge in [0, 0.05) is 7.11 Å². The Morgan fingerprint density at radius 3 is 1.18 bits per heavy atom. The van der Waals surface area contributed by atoms with Crippen molar-refractivity contribution in [3.8, 4) is 0 Å². The summed E-state index contributed by atoms with van der Waals surface area (Å²) in [6.45, 7) is 19.2. The fourth-order valence-corrected chi connectivity index (χ4v) is 0.671. The molecular weight excluding hydrogens is 214 g/mol. The molecule has 0 rings (SSSR count). The monoisotopic (exact) mass is 247 g/mol. The molecule has 0 atom stereocenters. The number of ether oxygens (including phenoxy) is 1. The number of methoxy groups -OCH3 is 1. The minimum Gasteiger partial charge on any atom is -0.379 e. The number of Topliss-reactive ketones (excluding diaryl/α,β-unsaturated/α-hetero) is 1. The molecule has 0 aromatic heterocycles. The van der Waals surface area contributed by atoms with E-state index in [0.29, 0.717) is 0 Å². The normalized spacial score (nSPS) is 10.0. The third-order valence-electron chi connectivity index (χ3n) is 1.95. The first-order valence-electron chi connectivity index (χ1n) is 6.39. The van der Waals surface area contributed by atoms with Gasteiger partial charge in [-0.25, -0.2) is 0 Å². The van der Waals surface area contributed by atoms with E-state index in [1.165, 1.54) is 33.5 Å². The fraction of sp³-hybridized carbons (Fsp3) is 0.929. The summed E-state index contributed by atoms with van der Waals surface area (Å²) < 4.78 is 4.94. The maximum Gasteiger partial charge on any atom is 0.126 e. The van der Waals surface area contributed by atoms with Crippen LogP contribution in [0.3, 0.4) is 0 Å². The molecule has 0 saturated heterocycles. The number of nitrogens with zero attached hydrogens (tertiary/aromatic N) is 1. The van der Waals surface area contributed by atoms with Gasteiger partial charge in [0.05, 0.1) is 5.60 Å². The third kappa shape index (κ3) is 39.0. The molecule has 0 bridgehead atoms. The lowest BCUT2D eigenvalue weighted by atomic mass is 10.2. The van der Waals surface area contributed by atoms with Crippen LogP contribution in [0.4, 0.5) is 0 Å². The maximum atomic E-state index is 9.44. The Morgan fingerprint density at radius 2 is 1.18 bits per heavy atom. The summed E-state index contributed by atoms with van der Waals surface area (Å²) in [5, 5.41) is 0. The van der Waals surface area contributed by atoms with Crippen molar-refractivity contribution in [1.29, 1.82) is 0 Å². The molecule has 0 fully saturated rings. The number of hydrogen-bond donors (Lipinski definition) is 0. The highest BCUT2D eigenvalue weighted by atomic mass is 16.5. The molecule has 0 saturated carbocycles. The zero-order valence-corrected chi connectivity index (χ0v) is 13.4. The van der Waals surface area contributed by atoms with Gasteiger partial charge >= 0.3 is 0 Å². The van der Waals surface area contributed by atoms with Gasteiger partial charge < -0.3 is 14.4 Å². The number of rotatable bonds is 3. The van der Waals surface area contributed by atoms with Crippen molar-refractivity contribution >= 4 is 5.78 Å². The summed E-state index contributed by atoms with van der Waals surface area (Å²) >= 11 is 0. The molecular formula is C14H33NO2. The Balaban J connectivity index is -0.000000180. The van der Waals surface area contributed by atoms with Crippen LogP contribution in [0.5, 0.6) is 0 Å². The van der Waals surface area contributed by atoms with Crippen LogP contribution in [-0.2, 0) is 9.53 Å². The molecule has 0 aliphatic carbocycles. The van der Waals surface area contributed by atoms with Crippen LogP contribution in [0, 0.1) is 0 Å². The van der Waals surface area contributed by atoms with Gasteiger partial charge in [-0.15, -0.1) is 0 Å².